The summed E-state index contributed by atoms with van der Waals surface area (Å²) in [6.07, 6.45) is 5.86. The molecule has 0 radical (unpaired) electrons. The third-order valence-corrected chi connectivity index (χ3v) is 3.42. The molecule has 94 valence electrons. The monoisotopic (exact) mass is 238 g/mol. The van der Waals surface area contributed by atoms with Gasteiger partial charge in [0.25, 0.3) is 0 Å². The van der Waals surface area contributed by atoms with Crippen LogP contribution in [0.15, 0.2) is 0 Å². The number of rotatable bonds is 3. The minimum Gasteiger partial charge on any atom is -0.358 e. The SMILES string of the molecule is Cc1nc(N(C)C2CCCCC2)c([N+](=O)[O-])[nH]1. The first kappa shape index (κ1) is 11.9. The van der Waals surface area contributed by atoms with Gasteiger partial charge in [0.15, 0.2) is 5.82 Å². The Labute approximate surface area is 100 Å². The first-order chi connectivity index (χ1) is 8.09. The second-order valence-corrected chi connectivity index (χ2v) is 4.65. The number of nitro groups is 1. The Morgan fingerprint density at radius 1 is 1.41 bits per heavy atom. The van der Waals surface area contributed by atoms with Gasteiger partial charge >= 0.3 is 5.82 Å². The van der Waals surface area contributed by atoms with Gasteiger partial charge in [-0.15, -0.1) is 0 Å². The van der Waals surface area contributed by atoms with Gasteiger partial charge in [0.2, 0.25) is 5.82 Å². The minimum absolute atomic E-state index is 0.00979. The molecule has 1 heterocycles. The molecular formula is C11H18N4O2. The van der Waals surface area contributed by atoms with Crippen molar-refractivity contribution in [2.24, 2.45) is 0 Å². The van der Waals surface area contributed by atoms with Gasteiger partial charge in [-0.25, -0.2) is 4.98 Å². The highest BCUT2D eigenvalue weighted by Crippen LogP contribution is 2.30. The number of hydrogen-bond acceptors (Lipinski definition) is 4. The highest BCUT2D eigenvalue weighted by Gasteiger charge is 2.27. The maximum Gasteiger partial charge on any atom is 0.365 e. The van der Waals surface area contributed by atoms with Crippen LogP contribution in [0, 0.1) is 17.0 Å². The van der Waals surface area contributed by atoms with Crippen molar-refractivity contribution in [3.05, 3.63) is 15.9 Å². The average Bonchev–Trinajstić information content (AvgIpc) is 2.72. The third-order valence-electron chi connectivity index (χ3n) is 3.42. The van der Waals surface area contributed by atoms with Crippen LogP contribution in [0.5, 0.6) is 0 Å². The fraction of sp³-hybridized carbons (Fsp3) is 0.727. The Hall–Kier alpha value is -1.59. The Morgan fingerprint density at radius 3 is 2.65 bits per heavy atom. The molecule has 0 amide bonds. The zero-order chi connectivity index (χ0) is 12.4. The van der Waals surface area contributed by atoms with E-state index in [1.807, 2.05) is 11.9 Å². The number of nitrogens with zero attached hydrogens (tertiary/aromatic N) is 3. The predicted molar refractivity (Wildman–Crippen MR) is 65.3 cm³/mol. The molecule has 2 rings (SSSR count). The highest BCUT2D eigenvalue weighted by atomic mass is 16.6. The van der Waals surface area contributed by atoms with E-state index < -0.39 is 4.92 Å². The van der Waals surface area contributed by atoms with Crippen LogP contribution >= 0.6 is 0 Å². The van der Waals surface area contributed by atoms with Crippen LogP contribution in [-0.4, -0.2) is 28.0 Å². The summed E-state index contributed by atoms with van der Waals surface area (Å²) in [6.45, 7) is 1.74. The molecule has 17 heavy (non-hydrogen) atoms. The Balaban J connectivity index is 2.22. The maximum atomic E-state index is 10.9. The van der Waals surface area contributed by atoms with Gasteiger partial charge in [-0.3, -0.25) is 0 Å². The number of nitrogens with one attached hydrogen (secondary N) is 1. The minimum atomic E-state index is -0.394. The normalized spacial score (nSPS) is 17.1. The molecule has 0 spiro atoms. The highest BCUT2D eigenvalue weighted by molar-refractivity contribution is 5.54. The lowest BCUT2D eigenvalue weighted by Gasteiger charge is -2.30. The van der Waals surface area contributed by atoms with Crippen molar-refractivity contribution in [1.29, 1.82) is 0 Å². The molecule has 0 aromatic carbocycles. The van der Waals surface area contributed by atoms with Gasteiger partial charge < -0.3 is 15.0 Å². The lowest BCUT2D eigenvalue weighted by molar-refractivity contribution is -0.388. The van der Waals surface area contributed by atoms with Crippen LogP contribution in [0.1, 0.15) is 37.9 Å². The Morgan fingerprint density at radius 2 is 2.06 bits per heavy atom. The summed E-state index contributed by atoms with van der Waals surface area (Å²) in [5, 5.41) is 10.9. The van der Waals surface area contributed by atoms with Gasteiger partial charge in [-0.2, -0.15) is 4.98 Å². The molecule has 1 aliphatic carbocycles. The van der Waals surface area contributed by atoms with Gasteiger partial charge in [0.05, 0.1) is 0 Å². The predicted octanol–water partition coefficient (Wildman–Crippen LogP) is 2.40. The molecule has 0 atom stereocenters. The van der Waals surface area contributed by atoms with E-state index in [0.29, 0.717) is 17.7 Å². The van der Waals surface area contributed by atoms with Crippen LogP contribution in [0.3, 0.4) is 0 Å². The quantitative estimate of drug-likeness (QED) is 0.648. The van der Waals surface area contributed by atoms with Crippen LogP contribution < -0.4 is 4.90 Å². The fourth-order valence-electron chi connectivity index (χ4n) is 2.48. The summed E-state index contributed by atoms with van der Waals surface area (Å²) in [5.41, 5.74) is 0. The van der Waals surface area contributed by atoms with Crippen molar-refractivity contribution >= 4 is 11.6 Å². The number of hydrogen-bond donors (Lipinski definition) is 1. The molecule has 1 aliphatic rings. The molecule has 1 fully saturated rings. The van der Waals surface area contributed by atoms with E-state index >= 15 is 0 Å². The van der Waals surface area contributed by atoms with Crippen molar-refractivity contribution in [3.63, 3.8) is 0 Å². The Bertz CT molecular complexity index is 410. The van der Waals surface area contributed by atoms with Gasteiger partial charge in [-0.05, 0) is 17.8 Å². The molecule has 0 unspecified atom stereocenters. The van der Waals surface area contributed by atoms with E-state index in [-0.39, 0.29) is 5.82 Å². The summed E-state index contributed by atoms with van der Waals surface area (Å²) in [5.74, 6) is 1.07. The lowest BCUT2D eigenvalue weighted by atomic mass is 9.94. The molecule has 1 N–H and O–H groups in total. The van der Waals surface area contributed by atoms with Gasteiger partial charge in [0, 0.05) is 20.0 Å². The zero-order valence-corrected chi connectivity index (χ0v) is 10.3. The molecule has 6 heteroatoms. The molecule has 6 nitrogen and oxygen atoms in total. The molecule has 0 saturated heterocycles. The second kappa shape index (κ2) is 4.73. The van der Waals surface area contributed by atoms with Crippen molar-refractivity contribution in [1.82, 2.24) is 9.97 Å². The van der Waals surface area contributed by atoms with Crippen LogP contribution in [0.2, 0.25) is 0 Å². The number of anilines is 1. The summed E-state index contributed by atoms with van der Waals surface area (Å²) >= 11 is 0. The molecular weight excluding hydrogens is 220 g/mol. The summed E-state index contributed by atoms with van der Waals surface area (Å²) in [4.78, 5) is 19.4. The summed E-state index contributed by atoms with van der Waals surface area (Å²) in [7, 11) is 1.90. The average molecular weight is 238 g/mol. The van der Waals surface area contributed by atoms with E-state index in [1.54, 1.807) is 6.92 Å². The van der Waals surface area contributed by atoms with Crippen LogP contribution in [0.4, 0.5) is 11.6 Å². The van der Waals surface area contributed by atoms with Gasteiger partial charge in [-0.1, -0.05) is 19.3 Å². The summed E-state index contributed by atoms with van der Waals surface area (Å²) < 4.78 is 0. The zero-order valence-electron chi connectivity index (χ0n) is 10.3. The standard InChI is InChI=1S/C11H18N4O2/c1-8-12-10(11(13-8)15(16)17)14(2)9-6-4-3-5-7-9/h9H,3-7H2,1-2H3,(H,12,13). The number of imidazole rings is 1. The van der Waals surface area contributed by atoms with Crippen molar-refractivity contribution in [3.8, 4) is 0 Å². The molecule has 1 aromatic rings. The fourth-order valence-corrected chi connectivity index (χ4v) is 2.48. The van der Waals surface area contributed by atoms with Crippen molar-refractivity contribution in [2.75, 3.05) is 11.9 Å². The second-order valence-electron chi connectivity index (χ2n) is 4.65. The number of aromatic nitrogens is 2. The smallest absolute Gasteiger partial charge is 0.358 e. The van der Waals surface area contributed by atoms with Crippen LogP contribution in [0.25, 0.3) is 0 Å². The topological polar surface area (TPSA) is 75.1 Å². The Kier molecular flexibility index (Phi) is 3.31. The summed E-state index contributed by atoms with van der Waals surface area (Å²) in [6, 6.07) is 0.380. The van der Waals surface area contributed by atoms with Gasteiger partial charge in [0.1, 0.15) is 0 Å². The number of aryl methyl sites for hydroxylation is 1. The molecule has 0 bridgehead atoms. The number of H-pyrrole nitrogens is 1. The lowest BCUT2D eigenvalue weighted by Crippen LogP contribution is -2.33. The molecule has 0 aliphatic heterocycles. The van der Waals surface area contributed by atoms with E-state index in [1.165, 1.54) is 19.3 Å². The van der Waals surface area contributed by atoms with Crippen molar-refractivity contribution < 1.29 is 4.92 Å². The van der Waals surface area contributed by atoms with E-state index in [9.17, 15) is 10.1 Å². The van der Waals surface area contributed by atoms with E-state index in [4.69, 9.17) is 0 Å². The van der Waals surface area contributed by atoms with E-state index in [2.05, 4.69) is 9.97 Å². The van der Waals surface area contributed by atoms with Crippen molar-refractivity contribution in [2.45, 2.75) is 45.1 Å². The largest absolute Gasteiger partial charge is 0.365 e. The molecule has 1 aromatic heterocycles. The first-order valence-corrected chi connectivity index (χ1v) is 6.03. The number of aromatic amines is 1. The van der Waals surface area contributed by atoms with E-state index in [0.717, 1.165) is 12.8 Å². The molecule has 1 saturated carbocycles. The maximum absolute atomic E-state index is 10.9. The first-order valence-electron chi connectivity index (χ1n) is 6.03. The third kappa shape index (κ3) is 2.40. The van der Waals surface area contributed by atoms with Crippen LogP contribution in [-0.2, 0) is 0 Å².